The Morgan fingerprint density at radius 3 is 2.56 bits per heavy atom. The number of rotatable bonds is 6. The van der Waals surface area contributed by atoms with Crippen molar-refractivity contribution in [1.82, 2.24) is 5.32 Å². The molecule has 2 aromatic carbocycles. The van der Waals surface area contributed by atoms with Gasteiger partial charge in [0.05, 0.1) is 19.3 Å². The summed E-state index contributed by atoms with van der Waals surface area (Å²) in [4.78, 5) is 12.1. The SMILES string of the molecule is O=C(NC[C@H]1CC[C@@H](COc2ccccc2)CO1)c1ccc(O)cc1. The number of hydrogen-bond donors (Lipinski definition) is 2. The van der Waals surface area contributed by atoms with Crippen LogP contribution in [0, 0.1) is 5.92 Å². The Balaban J connectivity index is 1.36. The van der Waals surface area contributed by atoms with Gasteiger partial charge in [-0.2, -0.15) is 0 Å². The van der Waals surface area contributed by atoms with Crippen molar-refractivity contribution in [3.8, 4) is 11.5 Å². The molecule has 0 aliphatic carbocycles. The molecule has 1 heterocycles. The highest BCUT2D eigenvalue weighted by molar-refractivity contribution is 5.94. The van der Waals surface area contributed by atoms with Crippen molar-refractivity contribution in [2.24, 2.45) is 5.92 Å². The zero-order valence-electron chi connectivity index (χ0n) is 14.1. The molecular weight excluding hydrogens is 318 g/mol. The Bertz CT molecular complexity index is 664. The number of nitrogens with one attached hydrogen (secondary N) is 1. The molecule has 0 radical (unpaired) electrons. The number of phenols is 1. The molecular formula is C20H23NO4. The third kappa shape index (κ3) is 5.22. The molecule has 2 aromatic rings. The third-order valence-corrected chi connectivity index (χ3v) is 4.31. The number of carbonyl (C=O) groups excluding carboxylic acids is 1. The van der Waals surface area contributed by atoms with Gasteiger partial charge in [-0.05, 0) is 49.2 Å². The van der Waals surface area contributed by atoms with E-state index in [2.05, 4.69) is 5.32 Å². The Labute approximate surface area is 147 Å². The molecule has 1 fully saturated rings. The smallest absolute Gasteiger partial charge is 0.251 e. The number of amides is 1. The van der Waals surface area contributed by atoms with Crippen molar-refractivity contribution in [2.75, 3.05) is 19.8 Å². The maximum Gasteiger partial charge on any atom is 0.251 e. The van der Waals surface area contributed by atoms with Crippen molar-refractivity contribution >= 4 is 5.91 Å². The van der Waals surface area contributed by atoms with Crippen LogP contribution in [0.5, 0.6) is 11.5 Å². The Morgan fingerprint density at radius 1 is 1.12 bits per heavy atom. The minimum atomic E-state index is -0.155. The van der Waals surface area contributed by atoms with Gasteiger partial charge >= 0.3 is 0 Å². The Morgan fingerprint density at radius 2 is 1.88 bits per heavy atom. The van der Waals surface area contributed by atoms with E-state index >= 15 is 0 Å². The van der Waals surface area contributed by atoms with Gasteiger partial charge in [-0.1, -0.05) is 18.2 Å². The molecule has 0 unspecified atom stereocenters. The molecule has 25 heavy (non-hydrogen) atoms. The van der Waals surface area contributed by atoms with Gasteiger partial charge in [0.2, 0.25) is 0 Å². The summed E-state index contributed by atoms with van der Waals surface area (Å²) < 4.78 is 11.6. The number of carbonyl (C=O) groups is 1. The zero-order chi connectivity index (χ0) is 17.5. The van der Waals surface area contributed by atoms with Crippen LogP contribution in [-0.2, 0) is 4.74 Å². The van der Waals surface area contributed by atoms with Gasteiger partial charge in [-0.3, -0.25) is 4.79 Å². The molecule has 1 aliphatic heterocycles. The molecule has 1 saturated heterocycles. The van der Waals surface area contributed by atoms with E-state index in [0.717, 1.165) is 18.6 Å². The third-order valence-electron chi connectivity index (χ3n) is 4.31. The van der Waals surface area contributed by atoms with E-state index in [1.54, 1.807) is 12.1 Å². The molecule has 5 heteroatoms. The average molecular weight is 341 g/mol. The lowest BCUT2D eigenvalue weighted by molar-refractivity contribution is -0.0251. The molecule has 5 nitrogen and oxygen atoms in total. The van der Waals surface area contributed by atoms with Gasteiger partial charge in [0.15, 0.2) is 0 Å². The second-order valence-electron chi connectivity index (χ2n) is 6.28. The minimum absolute atomic E-state index is 0.0361. The molecule has 3 rings (SSSR count). The van der Waals surface area contributed by atoms with Crippen LogP contribution < -0.4 is 10.1 Å². The second kappa shape index (κ2) is 8.53. The van der Waals surface area contributed by atoms with E-state index < -0.39 is 0 Å². The second-order valence-corrected chi connectivity index (χ2v) is 6.28. The predicted molar refractivity (Wildman–Crippen MR) is 94.8 cm³/mol. The monoisotopic (exact) mass is 341 g/mol. The van der Waals surface area contributed by atoms with Crippen LogP contribution in [0.1, 0.15) is 23.2 Å². The van der Waals surface area contributed by atoms with Crippen LogP contribution in [0.2, 0.25) is 0 Å². The molecule has 0 bridgehead atoms. The van der Waals surface area contributed by atoms with Gasteiger partial charge in [0.1, 0.15) is 11.5 Å². The maximum absolute atomic E-state index is 12.1. The number of ether oxygens (including phenoxy) is 2. The topological polar surface area (TPSA) is 67.8 Å². The summed E-state index contributed by atoms with van der Waals surface area (Å²) >= 11 is 0. The fraction of sp³-hybridized carbons (Fsp3) is 0.350. The summed E-state index contributed by atoms with van der Waals surface area (Å²) in [6.07, 6.45) is 1.96. The first-order valence-corrected chi connectivity index (χ1v) is 8.57. The number of hydrogen-bond acceptors (Lipinski definition) is 4. The van der Waals surface area contributed by atoms with Crippen molar-refractivity contribution in [3.63, 3.8) is 0 Å². The summed E-state index contributed by atoms with van der Waals surface area (Å²) in [7, 11) is 0. The van der Waals surface area contributed by atoms with Crippen LogP contribution in [0.15, 0.2) is 54.6 Å². The first kappa shape index (κ1) is 17.3. The molecule has 0 saturated carbocycles. The van der Waals surface area contributed by atoms with Crippen LogP contribution in [0.4, 0.5) is 0 Å². The molecule has 1 aliphatic rings. The lowest BCUT2D eigenvalue weighted by Gasteiger charge is -2.29. The standard InChI is InChI=1S/C20H23NO4/c22-17-9-7-16(8-10-17)20(23)21-12-19-11-6-15(14-25-19)13-24-18-4-2-1-3-5-18/h1-5,7-10,15,19,22H,6,11-14H2,(H,21,23)/t15-,19+/m0/s1. The first-order chi connectivity index (χ1) is 12.2. The van der Waals surface area contributed by atoms with Crippen LogP contribution >= 0.6 is 0 Å². The van der Waals surface area contributed by atoms with E-state index in [1.165, 1.54) is 12.1 Å². The summed E-state index contributed by atoms with van der Waals surface area (Å²) in [6.45, 7) is 1.79. The summed E-state index contributed by atoms with van der Waals surface area (Å²) in [5, 5.41) is 12.1. The molecule has 2 atom stereocenters. The lowest BCUT2D eigenvalue weighted by Crippen LogP contribution is -2.38. The van der Waals surface area contributed by atoms with E-state index in [-0.39, 0.29) is 17.8 Å². The summed E-state index contributed by atoms with van der Waals surface area (Å²) in [5.41, 5.74) is 0.530. The maximum atomic E-state index is 12.1. The highest BCUT2D eigenvalue weighted by Crippen LogP contribution is 2.20. The van der Waals surface area contributed by atoms with E-state index in [1.807, 2.05) is 30.3 Å². The van der Waals surface area contributed by atoms with Gasteiger partial charge < -0.3 is 19.9 Å². The van der Waals surface area contributed by atoms with Gasteiger partial charge in [0, 0.05) is 18.0 Å². The molecule has 132 valence electrons. The first-order valence-electron chi connectivity index (χ1n) is 8.57. The fourth-order valence-electron chi connectivity index (χ4n) is 2.81. The average Bonchev–Trinajstić information content (AvgIpc) is 2.67. The highest BCUT2D eigenvalue weighted by atomic mass is 16.5. The Kier molecular flexibility index (Phi) is 5.90. The predicted octanol–water partition coefficient (Wildman–Crippen LogP) is 3.00. The molecule has 2 N–H and O–H groups in total. The number of aromatic hydroxyl groups is 1. The number of phenolic OH excluding ortho intramolecular Hbond substituents is 1. The highest BCUT2D eigenvalue weighted by Gasteiger charge is 2.22. The van der Waals surface area contributed by atoms with Crippen molar-refractivity contribution in [3.05, 3.63) is 60.2 Å². The van der Waals surface area contributed by atoms with Crippen LogP contribution in [-0.4, -0.2) is 36.9 Å². The van der Waals surface area contributed by atoms with Crippen molar-refractivity contribution in [1.29, 1.82) is 0 Å². The molecule has 1 amide bonds. The normalized spacial score (nSPS) is 20.0. The lowest BCUT2D eigenvalue weighted by atomic mass is 9.99. The van der Waals surface area contributed by atoms with Gasteiger partial charge in [0.25, 0.3) is 5.91 Å². The van der Waals surface area contributed by atoms with Gasteiger partial charge in [-0.15, -0.1) is 0 Å². The van der Waals surface area contributed by atoms with Crippen LogP contribution in [0.25, 0.3) is 0 Å². The van der Waals surface area contributed by atoms with E-state index in [0.29, 0.717) is 31.2 Å². The zero-order valence-corrected chi connectivity index (χ0v) is 14.1. The van der Waals surface area contributed by atoms with Crippen LogP contribution in [0.3, 0.4) is 0 Å². The number of benzene rings is 2. The summed E-state index contributed by atoms with van der Waals surface area (Å²) in [5.74, 6) is 1.25. The van der Waals surface area contributed by atoms with Crippen molar-refractivity contribution < 1.29 is 19.4 Å². The molecule has 0 aromatic heterocycles. The Hall–Kier alpha value is -2.53. The summed E-state index contributed by atoms with van der Waals surface area (Å²) in [6, 6.07) is 16.0. The number of para-hydroxylation sites is 1. The largest absolute Gasteiger partial charge is 0.508 e. The fourth-order valence-corrected chi connectivity index (χ4v) is 2.81. The minimum Gasteiger partial charge on any atom is -0.508 e. The van der Waals surface area contributed by atoms with E-state index in [9.17, 15) is 9.90 Å². The van der Waals surface area contributed by atoms with Crippen molar-refractivity contribution in [2.45, 2.75) is 18.9 Å². The molecule has 0 spiro atoms. The van der Waals surface area contributed by atoms with Gasteiger partial charge in [-0.25, -0.2) is 0 Å². The quantitative estimate of drug-likeness (QED) is 0.847. The van der Waals surface area contributed by atoms with E-state index in [4.69, 9.17) is 9.47 Å².